The van der Waals surface area contributed by atoms with Crippen LogP contribution in [0.3, 0.4) is 0 Å². The molecule has 0 saturated carbocycles. The van der Waals surface area contributed by atoms with E-state index in [4.69, 9.17) is 14.0 Å². The van der Waals surface area contributed by atoms with Gasteiger partial charge < -0.3 is 19.3 Å². The number of nitrogens with zero attached hydrogens (tertiary/aromatic N) is 4. The Bertz CT molecular complexity index is 1030. The van der Waals surface area contributed by atoms with Gasteiger partial charge >= 0.3 is 0 Å². The van der Waals surface area contributed by atoms with Gasteiger partial charge in [-0.2, -0.15) is 0 Å². The monoisotopic (exact) mass is 409 g/mol. The number of carbonyl (C=O) groups is 1. The minimum atomic E-state index is -0.347. The van der Waals surface area contributed by atoms with Crippen molar-refractivity contribution in [2.45, 2.75) is 39.3 Å². The van der Waals surface area contributed by atoms with Gasteiger partial charge in [-0.1, -0.05) is 12.1 Å². The molecule has 1 amide bonds. The Morgan fingerprint density at radius 2 is 2.07 bits per heavy atom. The van der Waals surface area contributed by atoms with Gasteiger partial charge in [-0.25, -0.2) is 0 Å². The van der Waals surface area contributed by atoms with E-state index in [1.807, 2.05) is 32.9 Å². The number of rotatable bonds is 7. The minimum absolute atomic E-state index is 0.214. The smallest absolute Gasteiger partial charge is 0.272 e. The quantitative estimate of drug-likeness (QED) is 0.633. The maximum atomic E-state index is 12.3. The van der Waals surface area contributed by atoms with Crippen LogP contribution < -0.4 is 10.1 Å². The first-order valence-corrected chi connectivity index (χ1v) is 9.74. The summed E-state index contributed by atoms with van der Waals surface area (Å²) in [7, 11) is 0. The summed E-state index contributed by atoms with van der Waals surface area (Å²) in [6.07, 6.45) is 2.44. The van der Waals surface area contributed by atoms with Crippen LogP contribution in [0.2, 0.25) is 0 Å². The molecule has 1 aliphatic rings. The van der Waals surface area contributed by atoms with Crippen molar-refractivity contribution in [3.05, 3.63) is 53.2 Å². The lowest BCUT2D eigenvalue weighted by Gasteiger charge is -2.38. The molecule has 0 spiro atoms. The molecule has 0 atom stereocenters. The van der Waals surface area contributed by atoms with Gasteiger partial charge in [-0.3, -0.25) is 9.78 Å². The molecule has 0 aliphatic carbocycles. The van der Waals surface area contributed by atoms with Gasteiger partial charge in [0.15, 0.2) is 5.69 Å². The highest BCUT2D eigenvalue weighted by molar-refractivity contribution is 5.92. The third-order valence-corrected chi connectivity index (χ3v) is 4.87. The Labute approximate surface area is 173 Å². The maximum absolute atomic E-state index is 12.3. The number of carbonyl (C=O) groups excluding carboxylic acids is 1. The molecular weight excluding hydrogens is 386 g/mol. The number of ether oxygens (including phenoxy) is 2. The van der Waals surface area contributed by atoms with Crippen molar-refractivity contribution in [1.82, 2.24) is 25.7 Å². The fraction of sp³-hybridized carbons (Fsp3) is 0.381. The number of nitrogens with one attached hydrogen (secondary N) is 1. The Morgan fingerprint density at radius 1 is 1.23 bits per heavy atom. The largest absolute Gasteiger partial charge is 0.472 e. The number of amides is 1. The zero-order valence-corrected chi connectivity index (χ0v) is 17.1. The molecule has 0 radical (unpaired) electrons. The third kappa shape index (κ3) is 4.16. The summed E-state index contributed by atoms with van der Waals surface area (Å²) < 4.78 is 16.4. The fourth-order valence-corrected chi connectivity index (χ4v) is 3.09. The van der Waals surface area contributed by atoms with E-state index in [0.29, 0.717) is 31.2 Å². The SMILES string of the molecule is CCc1onc(-c2ccc(C)nc2)c1COc1ccc(C(=O)NC2(C)COC2)nn1. The predicted octanol–water partition coefficient (Wildman–Crippen LogP) is 2.50. The molecule has 9 heteroatoms. The van der Waals surface area contributed by atoms with E-state index in [1.165, 1.54) is 0 Å². The van der Waals surface area contributed by atoms with Gasteiger partial charge in [0.25, 0.3) is 5.91 Å². The molecule has 4 rings (SSSR count). The van der Waals surface area contributed by atoms with Crippen LogP contribution in [0.25, 0.3) is 11.3 Å². The number of aromatic nitrogens is 4. The average Bonchev–Trinajstić information content (AvgIpc) is 3.15. The van der Waals surface area contributed by atoms with Crippen molar-refractivity contribution in [2.75, 3.05) is 13.2 Å². The van der Waals surface area contributed by atoms with Crippen LogP contribution in [0.15, 0.2) is 35.0 Å². The summed E-state index contributed by atoms with van der Waals surface area (Å²) >= 11 is 0. The van der Waals surface area contributed by atoms with E-state index >= 15 is 0 Å². The van der Waals surface area contributed by atoms with E-state index in [1.54, 1.807) is 18.3 Å². The van der Waals surface area contributed by atoms with Crippen molar-refractivity contribution in [3.63, 3.8) is 0 Å². The number of aryl methyl sites for hydroxylation is 2. The molecule has 3 aromatic heterocycles. The molecule has 1 fully saturated rings. The number of pyridine rings is 1. The highest BCUT2D eigenvalue weighted by atomic mass is 16.5. The molecule has 30 heavy (non-hydrogen) atoms. The van der Waals surface area contributed by atoms with Crippen LogP contribution in [-0.2, 0) is 17.8 Å². The zero-order valence-electron chi connectivity index (χ0n) is 17.1. The summed E-state index contributed by atoms with van der Waals surface area (Å²) in [5.41, 5.74) is 3.19. The van der Waals surface area contributed by atoms with Gasteiger partial charge in [-0.15, -0.1) is 10.2 Å². The standard InChI is InChI=1S/C21H23N5O4/c1-4-17-15(19(26-30-17)14-6-5-13(2)22-9-14)10-29-18-8-7-16(24-25-18)20(27)23-21(3)11-28-12-21/h5-9H,4,10-12H2,1-3H3,(H,23,27). The Morgan fingerprint density at radius 3 is 2.67 bits per heavy atom. The first kappa shape index (κ1) is 20.0. The minimum Gasteiger partial charge on any atom is -0.472 e. The predicted molar refractivity (Wildman–Crippen MR) is 107 cm³/mol. The summed E-state index contributed by atoms with van der Waals surface area (Å²) in [6.45, 7) is 7.03. The van der Waals surface area contributed by atoms with E-state index in [2.05, 4.69) is 25.7 Å². The third-order valence-electron chi connectivity index (χ3n) is 4.87. The van der Waals surface area contributed by atoms with Crippen LogP contribution >= 0.6 is 0 Å². The van der Waals surface area contributed by atoms with Crippen LogP contribution in [0, 0.1) is 6.92 Å². The Balaban J connectivity index is 1.45. The van der Waals surface area contributed by atoms with Gasteiger partial charge in [0.05, 0.1) is 24.3 Å². The van der Waals surface area contributed by atoms with E-state index < -0.39 is 0 Å². The van der Waals surface area contributed by atoms with Gasteiger partial charge in [-0.05, 0) is 32.0 Å². The molecule has 0 aromatic carbocycles. The second-order valence-electron chi connectivity index (χ2n) is 7.53. The van der Waals surface area contributed by atoms with E-state index in [0.717, 1.165) is 22.6 Å². The van der Waals surface area contributed by atoms with Crippen molar-refractivity contribution in [2.24, 2.45) is 0 Å². The molecular formula is C21H23N5O4. The van der Waals surface area contributed by atoms with Gasteiger partial charge in [0.1, 0.15) is 18.1 Å². The number of hydrogen-bond acceptors (Lipinski definition) is 8. The molecule has 9 nitrogen and oxygen atoms in total. The summed E-state index contributed by atoms with van der Waals surface area (Å²) in [5, 5.41) is 15.1. The summed E-state index contributed by atoms with van der Waals surface area (Å²) in [6, 6.07) is 7.07. The van der Waals surface area contributed by atoms with Gasteiger partial charge in [0, 0.05) is 29.9 Å². The highest BCUT2D eigenvalue weighted by Crippen LogP contribution is 2.27. The molecule has 3 aromatic rings. The van der Waals surface area contributed by atoms with Crippen molar-refractivity contribution in [3.8, 4) is 17.1 Å². The highest BCUT2D eigenvalue weighted by Gasteiger charge is 2.35. The summed E-state index contributed by atoms with van der Waals surface area (Å²) in [4.78, 5) is 16.6. The first-order valence-electron chi connectivity index (χ1n) is 9.74. The second kappa shape index (κ2) is 8.19. The molecule has 156 valence electrons. The Hall–Kier alpha value is -3.33. The van der Waals surface area contributed by atoms with Crippen molar-refractivity contribution >= 4 is 5.91 Å². The lowest BCUT2D eigenvalue weighted by molar-refractivity contribution is -0.0594. The zero-order chi connectivity index (χ0) is 21.1. The molecule has 0 bridgehead atoms. The normalized spacial score (nSPS) is 14.8. The van der Waals surface area contributed by atoms with Crippen LogP contribution in [-0.4, -0.2) is 45.0 Å². The maximum Gasteiger partial charge on any atom is 0.272 e. The molecule has 0 unspecified atom stereocenters. The average molecular weight is 409 g/mol. The molecule has 4 heterocycles. The number of hydrogen-bond donors (Lipinski definition) is 1. The lowest BCUT2D eigenvalue weighted by Crippen LogP contribution is -2.60. The Kier molecular flexibility index (Phi) is 5.45. The summed E-state index contributed by atoms with van der Waals surface area (Å²) in [5.74, 6) is 0.757. The van der Waals surface area contributed by atoms with Crippen LogP contribution in [0.1, 0.15) is 41.4 Å². The topological polar surface area (TPSA) is 112 Å². The molecule has 1 aliphatic heterocycles. The van der Waals surface area contributed by atoms with Crippen molar-refractivity contribution in [1.29, 1.82) is 0 Å². The van der Waals surface area contributed by atoms with Gasteiger partial charge in [0.2, 0.25) is 5.88 Å². The van der Waals surface area contributed by atoms with E-state index in [9.17, 15) is 4.79 Å². The molecule has 1 saturated heterocycles. The van der Waals surface area contributed by atoms with Crippen LogP contribution in [0.5, 0.6) is 5.88 Å². The second-order valence-corrected chi connectivity index (χ2v) is 7.53. The first-order chi connectivity index (χ1) is 14.5. The van der Waals surface area contributed by atoms with Crippen molar-refractivity contribution < 1.29 is 18.8 Å². The lowest BCUT2D eigenvalue weighted by atomic mass is 10.0. The van der Waals surface area contributed by atoms with E-state index in [-0.39, 0.29) is 23.7 Å². The fourth-order valence-electron chi connectivity index (χ4n) is 3.09. The van der Waals surface area contributed by atoms with Crippen LogP contribution in [0.4, 0.5) is 0 Å². The molecule has 1 N–H and O–H groups in total.